The largest absolute Gasteiger partial charge is 0.497 e. The number of carbonyl (C=O) groups is 1. The molecule has 6 aromatic rings. The number of methoxy groups -OCH3 is 1. The van der Waals surface area contributed by atoms with Gasteiger partial charge < -0.3 is 10.1 Å². The zero-order valence-electron chi connectivity index (χ0n) is 22.0. The fourth-order valence-corrected chi connectivity index (χ4v) is 5.36. The van der Waals surface area contributed by atoms with Crippen molar-refractivity contribution in [2.45, 2.75) is 5.16 Å². The molecule has 0 fully saturated rings. The van der Waals surface area contributed by atoms with Gasteiger partial charge in [-0.15, -0.1) is 10.2 Å². The Kier molecular flexibility index (Phi) is 7.67. The van der Waals surface area contributed by atoms with Crippen LogP contribution in [0.1, 0.15) is 0 Å². The fraction of sp³-hybridized carbons (Fsp3) is 0.0625. The third kappa shape index (κ3) is 5.79. The van der Waals surface area contributed by atoms with E-state index in [4.69, 9.17) is 21.3 Å². The maximum absolute atomic E-state index is 12.8. The van der Waals surface area contributed by atoms with Crippen LogP contribution in [0.15, 0.2) is 114 Å². The van der Waals surface area contributed by atoms with Crippen LogP contribution in [0.25, 0.3) is 39.2 Å². The smallest absolute Gasteiger partial charge is 0.234 e. The first kappa shape index (κ1) is 26.6. The number of nitrogens with zero attached hydrogens (tertiary/aromatic N) is 4. The van der Waals surface area contributed by atoms with Gasteiger partial charge >= 0.3 is 0 Å². The van der Waals surface area contributed by atoms with Gasteiger partial charge in [0.05, 0.1) is 24.1 Å². The van der Waals surface area contributed by atoms with Gasteiger partial charge in [-0.2, -0.15) is 0 Å². The van der Waals surface area contributed by atoms with Gasteiger partial charge in [0, 0.05) is 32.9 Å². The van der Waals surface area contributed by atoms with Gasteiger partial charge in [-0.25, -0.2) is 4.98 Å². The number of pyridine rings is 1. The summed E-state index contributed by atoms with van der Waals surface area (Å²) in [6.07, 6.45) is 0. The van der Waals surface area contributed by atoms with Gasteiger partial charge in [-0.1, -0.05) is 59.8 Å². The number of benzene rings is 4. The maximum atomic E-state index is 12.8. The Morgan fingerprint density at radius 2 is 1.63 bits per heavy atom. The van der Waals surface area contributed by atoms with Crippen LogP contribution in [0.2, 0.25) is 5.02 Å². The molecule has 0 spiro atoms. The monoisotopic (exact) mass is 577 g/mol. The summed E-state index contributed by atoms with van der Waals surface area (Å²) in [5.41, 5.74) is 5.06. The number of halogens is 1. The summed E-state index contributed by atoms with van der Waals surface area (Å²) in [5.74, 6) is 1.44. The summed E-state index contributed by atoms with van der Waals surface area (Å²) in [4.78, 5) is 17.7. The highest BCUT2D eigenvalue weighted by atomic mass is 35.5. The van der Waals surface area contributed by atoms with Gasteiger partial charge in [0.25, 0.3) is 0 Å². The van der Waals surface area contributed by atoms with E-state index in [9.17, 15) is 4.79 Å². The number of ether oxygens (including phenoxy) is 1. The number of aromatic nitrogens is 4. The molecule has 1 amide bonds. The molecular formula is C32H24ClN5O2S. The molecule has 2 heterocycles. The highest BCUT2D eigenvalue weighted by Gasteiger charge is 2.20. The van der Waals surface area contributed by atoms with Gasteiger partial charge in [0.1, 0.15) is 5.75 Å². The molecule has 0 radical (unpaired) electrons. The van der Waals surface area contributed by atoms with E-state index in [0.29, 0.717) is 21.7 Å². The van der Waals surface area contributed by atoms with Crippen molar-refractivity contribution in [2.24, 2.45) is 0 Å². The zero-order chi connectivity index (χ0) is 28.2. The van der Waals surface area contributed by atoms with Crippen molar-refractivity contribution in [1.82, 2.24) is 19.7 Å². The van der Waals surface area contributed by atoms with E-state index in [1.165, 1.54) is 11.8 Å². The second kappa shape index (κ2) is 11.8. The average molecular weight is 578 g/mol. The lowest BCUT2D eigenvalue weighted by Crippen LogP contribution is -2.14. The van der Waals surface area contributed by atoms with E-state index in [1.54, 1.807) is 31.4 Å². The minimum absolute atomic E-state index is 0.155. The standard InChI is InChI=1S/C32H24ClN5O2S/c1-40-25-17-11-21(12-18-25)29-19-27(26-9-5-6-10-28(26)35-29)31-36-37-32(38(31)24-7-3-2-4-8-24)41-20-30(39)34-23-15-13-22(33)14-16-23/h2-19H,20H2,1H3,(H,34,39). The van der Waals surface area contributed by atoms with E-state index < -0.39 is 0 Å². The van der Waals surface area contributed by atoms with Gasteiger partial charge in [0.2, 0.25) is 5.91 Å². The van der Waals surface area contributed by atoms with Crippen molar-refractivity contribution in [3.05, 3.63) is 114 Å². The van der Waals surface area contributed by atoms with Crippen molar-refractivity contribution in [3.8, 4) is 34.1 Å². The summed E-state index contributed by atoms with van der Waals surface area (Å²) in [6, 6.07) is 34.7. The topological polar surface area (TPSA) is 81.9 Å². The molecule has 4 aromatic carbocycles. The van der Waals surface area contributed by atoms with E-state index in [2.05, 4.69) is 15.5 Å². The minimum atomic E-state index is -0.155. The molecule has 41 heavy (non-hydrogen) atoms. The number of para-hydroxylation sites is 2. The Balaban J connectivity index is 1.40. The molecule has 202 valence electrons. The number of carbonyl (C=O) groups excluding carboxylic acids is 1. The highest BCUT2D eigenvalue weighted by molar-refractivity contribution is 7.99. The molecule has 0 atom stereocenters. The first-order chi connectivity index (χ1) is 20.1. The number of hydrogen-bond donors (Lipinski definition) is 1. The van der Waals surface area contributed by atoms with Crippen LogP contribution in [-0.2, 0) is 4.79 Å². The highest BCUT2D eigenvalue weighted by Crippen LogP contribution is 2.35. The van der Waals surface area contributed by atoms with E-state index in [1.807, 2.05) is 89.5 Å². The van der Waals surface area contributed by atoms with E-state index in [0.717, 1.165) is 39.2 Å². The molecule has 0 aliphatic rings. The SMILES string of the molecule is COc1ccc(-c2cc(-c3nnc(SCC(=O)Nc4ccc(Cl)cc4)n3-c3ccccc3)c3ccccc3n2)cc1. The normalized spacial score (nSPS) is 11.0. The predicted octanol–water partition coefficient (Wildman–Crippen LogP) is 7.54. The number of fused-ring (bicyclic) bond motifs is 1. The number of rotatable bonds is 8. The van der Waals surface area contributed by atoms with Crippen molar-refractivity contribution < 1.29 is 9.53 Å². The first-order valence-electron chi connectivity index (χ1n) is 12.8. The number of thioether (sulfide) groups is 1. The molecule has 9 heteroatoms. The molecule has 0 aliphatic carbocycles. The Morgan fingerprint density at radius 3 is 2.39 bits per heavy atom. The van der Waals surface area contributed by atoms with Crippen molar-refractivity contribution >= 4 is 45.9 Å². The van der Waals surface area contributed by atoms with Gasteiger partial charge in [-0.3, -0.25) is 9.36 Å². The van der Waals surface area contributed by atoms with Crippen LogP contribution < -0.4 is 10.1 Å². The number of hydrogen-bond acceptors (Lipinski definition) is 6. The molecule has 2 aromatic heterocycles. The van der Waals surface area contributed by atoms with Crippen LogP contribution in [0, 0.1) is 0 Å². The molecule has 6 rings (SSSR count). The molecule has 0 unspecified atom stereocenters. The Hall–Kier alpha value is -4.66. The van der Waals surface area contributed by atoms with Crippen LogP contribution in [0.3, 0.4) is 0 Å². The minimum Gasteiger partial charge on any atom is -0.497 e. The zero-order valence-corrected chi connectivity index (χ0v) is 23.6. The van der Waals surface area contributed by atoms with Crippen LogP contribution in [-0.4, -0.2) is 38.5 Å². The molecule has 0 saturated heterocycles. The third-order valence-electron chi connectivity index (χ3n) is 6.45. The van der Waals surface area contributed by atoms with Crippen LogP contribution >= 0.6 is 23.4 Å². The number of nitrogens with one attached hydrogen (secondary N) is 1. The lowest BCUT2D eigenvalue weighted by molar-refractivity contribution is -0.113. The summed E-state index contributed by atoms with van der Waals surface area (Å²) in [5, 5.41) is 14.2. The maximum Gasteiger partial charge on any atom is 0.234 e. The number of anilines is 1. The average Bonchev–Trinajstić information content (AvgIpc) is 3.45. The molecule has 0 bridgehead atoms. The fourth-order valence-electron chi connectivity index (χ4n) is 4.48. The first-order valence-corrected chi connectivity index (χ1v) is 14.2. The van der Waals surface area contributed by atoms with E-state index in [-0.39, 0.29) is 11.7 Å². The van der Waals surface area contributed by atoms with E-state index >= 15 is 0 Å². The lowest BCUT2D eigenvalue weighted by Gasteiger charge is -2.13. The Morgan fingerprint density at radius 1 is 0.902 bits per heavy atom. The van der Waals surface area contributed by atoms with Crippen molar-refractivity contribution in [2.75, 3.05) is 18.2 Å². The molecular weight excluding hydrogens is 554 g/mol. The van der Waals surface area contributed by atoms with Gasteiger partial charge in [-0.05, 0) is 72.8 Å². The van der Waals surface area contributed by atoms with Crippen molar-refractivity contribution in [1.29, 1.82) is 0 Å². The molecule has 1 N–H and O–H groups in total. The Labute approximate surface area is 246 Å². The van der Waals surface area contributed by atoms with Crippen LogP contribution in [0.4, 0.5) is 5.69 Å². The second-order valence-corrected chi connectivity index (χ2v) is 10.5. The molecule has 7 nitrogen and oxygen atoms in total. The van der Waals surface area contributed by atoms with Gasteiger partial charge in [0.15, 0.2) is 11.0 Å². The predicted molar refractivity (Wildman–Crippen MR) is 165 cm³/mol. The lowest BCUT2D eigenvalue weighted by atomic mass is 10.0. The molecule has 0 saturated carbocycles. The summed E-state index contributed by atoms with van der Waals surface area (Å²) < 4.78 is 7.32. The second-order valence-electron chi connectivity index (χ2n) is 9.12. The third-order valence-corrected chi connectivity index (χ3v) is 7.63. The summed E-state index contributed by atoms with van der Waals surface area (Å²) >= 11 is 7.29. The molecule has 0 aliphatic heterocycles. The summed E-state index contributed by atoms with van der Waals surface area (Å²) in [6.45, 7) is 0. The van der Waals surface area contributed by atoms with Crippen LogP contribution in [0.5, 0.6) is 5.75 Å². The van der Waals surface area contributed by atoms with Crippen molar-refractivity contribution in [3.63, 3.8) is 0 Å². The quantitative estimate of drug-likeness (QED) is 0.188. The summed E-state index contributed by atoms with van der Waals surface area (Å²) in [7, 11) is 1.65. The Bertz CT molecular complexity index is 1820. The number of amides is 1.